The predicted molar refractivity (Wildman–Crippen MR) is 92.6 cm³/mol. The maximum absolute atomic E-state index is 12.8. The van der Waals surface area contributed by atoms with E-state index >= 15 is 0 Å². The van der Waals surface area contributed by atoms with Crippen molar-refractivity contribution in [2.75, 3.05) is 12.4 Å². The van der Waals surface area contributed by atoms with E-state index in [2.05, 4.69) is 5.32 Å². The third-order valence-corrected chi connectivity index (χ3v) is 3.30. The summed E-state index contributed by atoms with van der Waals surface area (Å²) in [5, 5.41) is 2.54. The Labute approximate surface area is 145 Å². The normalized spacial score (nSPS) is 11.8. The number of halogens is 1. The number of amides is 1. The van der Waals surface area contributed by atoms with Gasteiger partial charge in [0.05, 0.1) is 7.11 Å². The first kappa shape index (κ1) is 18.2. The molecule has 0 aliphatic rings. The Morgan fingerprint density at radius 2 is 1.72 bits per heavy atom. The van der Waals surface area contributed by atoms with Crippen LogP contribution in [0.25, 0.3) is 6.08 Å². The van der Waals surface area contributed by atoms with Crippen LogP contribution in [-0.2, 0) is 14.3 Å². The quantitative estimate of drug-likeness (QED) is 0.645. The van der Waals surface area contributed by atoms with Crippen molar-refractivity contribution in [3.05, 3.63) is 66.0 Å². The molecule has 0 aromatic heterocycles. The van der Waals surface area contributed by atoms with Crippen LogP contribution in [0.5, 0.6) is 5.75 Å². The lowest BCUT2D eigenvalue weighted by atomic mass is 10.2. The number of rotatable bonds is 6. The van der Waals surface area contributed by atoms with Crippen molar-refractivity contribution in [2.24, 2.45) is 0 Å². The third-order valence-electron chi connectivity index (χ3n) is 3.30. The Balaban J connectivity index is 1.86. The average molecular weight is 343 g/mol. The highest BCUT2D eigenvalue weighted by molar-refractivity contribution is 5.96. The van der Waals surface area contributed by atoms with E-state index in [1.165, 1.54) is 37.3 Å². The van der Waals surface area contributed by atoms with Crippen LogP contribution in [0.4, 0.5) is 10.1 Å². The summed E-state index contributed by atoms with van der Waals surface area (Å²) >= 11 is 0. The largest absolute Gasteiger partial charge is 0.497 e. The Morgan fingerprint density at radius 1 is 1.08 bits per heavy atom. The van der Waals surface area contributed by atoms with Gasteiger partial charge in [0.1, 0.15) is 11.6 Å². The molecule has 0 radical (unpaired) electrons. The Kier molecular flexibility index (Phi) is 6.28. The molecule has 1 atom stereocenters. The van der Waals surface area contributed by atoms with Gasteiger partial charge in [-0.1, -0.05) is 12.1 Å². The monoisotopic (exact) mass is 343 g/mol. The minimum atomic E-state index is -0.988. The zero-order chi connectivity index (χ0) is 18.2. The second-order valence-electron chi connectivity index (χ2n) is 5.18. The molecule has 0 aliphatic heterocycles. The third kappa shape index (κ3) is 5.76. The van der Waals surface area contributed by atoms with Crippen LogP contribution in [0.3, 0.4) is 0 Å². The molecule has 0 saturated heterocycles. The van der Waals surface area contributed by atoms with E-state index < -0.39 is 23.8 Å². The summed E-state index contributed by atoms with van der Waals surface area (Å²) in [6.45, 7) is 1.46. The van der Waals surface area contributed by atoms with E-state index in [4.69, 9.17) is 9.47 Å². The van der Waals surface area contributed by atoms with Crippen molar-refractivity contribution >= 4 is 23.6 Å². The SMILES string of the molecule is COc1ccc(C=CC(=O)OC(C)C(=O)Nc2ccc(F)cc2)cc1. The zero-order valence-corrected chi connectivity index (χ0v) is 13.9. The van der Waals surface area contributed by atoms with Crippen molar-refractivity contribution in [1.82, 2.24) is 0 Å². The smallest absolute Gasteiger partial charge is 0.331 e. The number of methoxy groups -OCH3 is 1. The van der Waals surface area contributed by atoms with Gasteiger partial charge in [-0.15, -0.1) is 0 Å². The molecule has 6 heteroatoms. The van der Waals surface area contributed by atoms with E-state index in [9.17, 15) is 14.0 Å². The summed E-state index contributed by atoms with van der Waals surface area (Å²) in [5.41, 5.74) is 1.21. The number of anilines is 1. The van der Waals surface area contributed by atoms with Crippen LogP contribution in [0, 0.1) is 5.82 Å². The summed E-state index contributed by atoms with van der Waals surface area (Å²) < 4.78 is 22.9. The molecular weight excluding hydrogens is 325 g/mol. The average Bonchev–Trinajstić information content (AvgIpc) is 2.62. The molecular formula is C19H18FNO4. The lowest BCUT2D eigenvalue weighted by Gasteiger charge is -2.12. The Bertz CT molecular complexity index is 754. The number of carbonyl (C=O) groups is 2. The standard InChI is InChI=1S/C19H18FNO4/c1-13(19(23)21-16-8-6-15(20)7-9-16)25-18(22)12-5-14-3-10-17(24-2)11-4-14/h3-13H,1-2H3,(H,21,23). The van der Waals surface area contributed by atoms with Crippen LogP contribution >= 0.6 is 0 Å². The molecule has 130 valence electrons. The fraction of sp³-hybridized carbons (Fsp3) is 0.158. The van der Waals surface area contributed by atoms with E-state index in [1.54, 1.807) is 37.5 Å². The maximum atomic E-state index is 12.8. The number of nitrogens with one attached hydrogen (secondary N) is 1. The second kappa shape index (κ2) is 8.63. The second-order valence-corrected chi connectivity index (χ2v) is 5.18. The highest BCUT2D eigenvalue weighted by Crippen LogP contribution is 2.13. The fourth-order valence-corrected chi connectivity index (χ4v) is 1.92. The van der Waals surface area contributed by atoms with Crippen LogP contribution in [-0.4, -0.2) is 25.1 Å². The maximum Gasteiger partial charge on any atom is 0.331 e. The molecule has 0 spiro atoms. The summed E-state index contributed by atoms with van der Waals surface area (Å²) in [7, 11) is 1.57. The van der Waals surface area contributed by atoms with Crippen LogP contribution in [0.1, 0.15) is 12.5 Å². The lowest BCUT2D eigenvalue weighted by molar-refractivity contribution is -0.148. The Morgan fingerprint density at radius 3 is 2.32 bits per heavy atom. The van der Waals surface area contributed by atoms with Crippen molar-refractivity contribution < 1.29 is 23.5 Å². The molecule has 0 aliphatic carbocycles. The molecule has 0 bridgehead atoms. The molecule has 0 fully saturated rings. The van der Waals surface area contributed by atoms with Crippen LogP contribution in [0.15, 0.2) is 54.6 Å². The molecule has 0 heterocycles. The van der Waals surface area contributed by atoms with Gasteiger partial charge in [0.15, 0.2) is 6.10 Å². The first-order valence-corrected chi connectivity index (χ1v) is 7.57. The van der Waals surface area contributed by atoms with Gasteiger partial charge in [0.2, 0.25) is 0 Å². The zero-order valence-electron chi connectivity index (χ0n) is 13.9. The first-order valence-electron chi connectivity index (χ1n) is 7.57. The van der Waals surface area contributed by atoms with Gasteiger partial charge in [0.25, 0.3) is 5.91 Å². The molecule has 1 unspecified atom stereocenters. The van der Waals surface area contributed by atoms with Gasteiger partial charge in [0, 0.05) is 11.8 Å². The Hall–Kier alpha value is -3.15. The molecule has 2 aromatic carbocycles. The van der Waals surface area contributed by atoms with Crippen molar-refractivity contribution in [3.8, 4) is 5.75 Å². The highest BCUT2D eigenvalue weighted by Gasteiger charge is 2.16. The number of hydrogen-bond acceptors (Lipinski definition) is 4. The molecule has 2 rings (SSSR count). The van der Waals surface area contributed by atoms with Crippen molar-refractivity contribution in [1.29, 1.82) is 0 Å². The number of hydrogen-bond donors (Lipinski definition) is 1. The minimum Gasteiger partial charge on any atom is -0.497 e. The summed E-state index contributed by atoms with van der Waals surface area (Å²) in [5.74, 6) is -0.831. The summed E-state index contributed by atoms with van der Waals surface area (Å²) in [4.78, 5) is 23.7. The number of esters is 1. The fourth-order valence-electron chi connectivity index (χ4n) is 1.92. The predicted octanol–water partition coefficient (Wildman–Crippen LogP) is 3.42. The van der Waals surface area contributed by atoms with Crippen molar-refractivity contribution in [2.45, 2.75) is 13.0 Å². The van der Waals surface area contributed by atoms with E-state index in [1.807, 2.05) is 0 Å². The summed E-state index contributed by atoms with van der Waals surface area (Å²) in [6, 6.07) is 12.4. The topological polar surface area (TPSA) is 64.6 Å². The highest BCUT2D eigenvalue weighted by atomic mass is 19.1. The van der Waals surface area contributed by atoms with Gasteiger partial charge in [-0.3, -0.25) is 4.79 Å². The lowest BCUT2D eigenvalue weighted by Crippen LogP contribution is -2.29. The molecule has 5 nitrogen and oxygen atoms in total. The van der Waals surface area contributed by atoms with Crippen molar-refractivity contribution in [3.63, 3.8) is 0 Å². The number of ether oxygens (including phenoxy) is 2. The van der Waals surface area contributed by atoms with Crippen LogP contribution in [0.2, 0.25) is 0 Å². The van der Waals surface area contributed by atoms with Gasteiger partial charge in [-0.05, 0) is 55.0 Å². The molecule has 1 amide bonds. The minimum absolute atomic E-state index is 0.402. The molecule has 2 aromatic rings. The van der Waals surface area contributed by atoms with E-state index in [0.717, 1.165) is 5.56 Å². The van der Waals surface area contributed by atoms with Gasteiger partial charge in [-0.25, -0.2) is 9.18 Å². The number of benzene rings is 2. The first-order chi connectivity index (χ1) is 12.0. The molecule has 25 heavy (non-hydrogen) atoms. The van der Waals surface area contributed by atoms with Gasteiger partial charge >= 0.3 is 5.97 Å². The van der Waals surface area contributed by atoms with Crippen LogP contribution < -0.4 is 10.1 Å². The van der Waals surface area contributed by atoms with Gasteiger partial charge in [-0.2, -0.15) is 0 Å². The number of carbonyl (C=O) groups excluding carboxylic acids is 2. The van der Waals surface area contributed by atoms with Gasteiger partial charge < -0.3 is 14.8 Å². The van der Waals surface area contributed by atoms with E-state index in [0.29, 0.717) is 11.4 Å². The van der Waals surface area contributed by atoms with E-state index in [-0.39, 0.29) is 0 Å². The summed E-state index contributed by atoms with van der Waals surface area (Å²) in [6.07, 6.45) is 1.83. The molecule has 1 N–H and O–H groups in total. The molecule has 0 saturated carbocycles.